The molecule has 1 fully saturated rings. The van der Waals surface area contributed by atoms with E-state index in [-0.39, 0.29) is 12.3 Å². The Morgan fingerprint density at radius 1 is 0.720 bits per heavy atom. The maximum Gasteiger partial charge on any atom is 0.326 e. The average molecular weight is 699 g/mol. The van der Waals surface area contributed by atoms with Crippen LogP contribution in [0.15, 0.2) is 30.3 Å². The fourth-order valence-corrected chi connectivity index (χ4v) is 6.66. The van der Waals surface area contributed by atoms with E-state index in [0.717, 1.165) is 24.8 Å². The lowest BCUT2D eigenvalue weighted by Gasteiger charge is -2.28. The van der Waals surface area contributed by atoms with Gasteiger partial charge < -0.3 is 26.0 Å². The highest BCUT2D eigenvalue weighted by Gasteiger charge is 2.38. The zero-order chi connectivity index (χ0) is 36.6. The van der Waals surface area contributed by atoms with Gasteiger partial charge in [-0.3, -0.25) is 19.2 Å². The van der Waals surface area contributed by atoms with Crippen molar-refractivity contribution in [2.75, 3.05) is 6.54 Å². The molecule has 282 valence electrons. The predicted molar refractivity (Wildman–Crippen MR) is 198 cm³/mol. The van der Waals surface area contributed by atoms with Crippen LogP contribution in [0, 0.1) is 0 Å². The Morgan fingerprint density at radius 2 is 1.24 bits per heavy atom. The Balaban J connectivity index is 1.58. The molecule has 0 spiro atoms. The van der Waals surface area contributed by atoms with Gasteiger partial charge in [-0.1, -0.05) is 140 Å². The fraction of sp³-hybridized carbons (Fsp3) is 0.725. The first-order valence-corrected chi connectivity index (χ1v) is 19.6. The summed E-state index contributed by atoms with van der Waals surface area (Å²) in [6, 6.07) is 5.35. The lowest BCUT2D eigenvalue weighted by Crippen LogP contribution is -2.56. The van der Waals surface area contributed by atoms with Crippen molar-refractivity contribution < 1.29 is 29.1 Å². The van der Waals surface area contributed by atoms with E-state index in [1.807, 2.05) is 6.07 Å². The molecule has 4 N–H and O–H groups in total. The fourth-order valence-electron chi connectivity index (χ4n) is 6.66. The lowest BCUT2D eigenvalue weighted by atomic mass is 10.0. The van der Waals surface area contributed by atoms with Crippen molar-refractivity contribution in [2.24, 2.45) is 0 Å². The molecule has 1 heterocycles. The number of carboxylic acids is 1. The molecule has 4 amide bonds. The first-order valence-electron chi connectivity index (χ1n) is 19.6. The van der Waals surface area contributed by atoms with Crippen molar-refractivity contribution in [2.45, 2.75) is 180 Å². The van der Waals surface area contributed by atoms with Crippen LogP contribution in [-0.4, -0.2) is 70.3 Å². The molecule has 1 saturated heterocycles. The summed E-state index contributed by atoms with van der Waals surface area (Å²) in [5.74, 6) is -2.77. The maximum atomic E-state index is 13.3. The van der Waals surface area contributed by atoms with Crippen molar-refractivity contribution in [3.05, 3.63) is 35.9 Å². The molecule has 1 aromatic carbocycles. The summed E-state index contributed by atoms with van der Waals surface area (Å²) in [6.45, 7) is 5.73. The van der Waals surface area contributed by atoms with Crippen LogP contribution in [0.4, 0.5) is 0 Å². The summed E-state index contributed by atoms with van der Waals surface area (Å²) in [5, 5.41) is 17.7. The number of rotatable bonds is 27. The molecule has 0 bridgehead atoms. The maximum absolute atomic E-state index is 13.3. The Kier molecular flexibility index (Phi) is 21.8. The standard InChI is InChI=1S/C40H66N4O6/c1-4-5-6-7-8-9-10-11-12-13-14-15-16-17-18-19-23-28-36(45)41-31(2)37(46)42-32(3)39(48)44-29-24-27-35(44)38(47)43-34(40(49)50)30-33-25-21-20-22-26-33/h20-22,25-26,31-32,34-35H,4-19,23-24,27-30H2,1-3H3,(H,41,45)(H,42,46)(H,43,47)(H,49,50). The molecule has 0 saturated carbocycles. The van der Waals surface area contributed by atoms with Crippen molar-refractivity contribution in [3.8, 4) is 0 Å². The number of carbonyl (C=O) groups excluding carboxylic acids is 4. The third-order valence-corrected chi connectivity index (χ3v) is 9.74. The first-order chi connectivity index (χ1) is 24.1. The number of carboxylic acid groups (broad SMARTS) is 1. The van der Waals surface area contributed by atoms with Gasteiger partial charge in [-0.05, 0) is 38.7 Å². The molecule has 1 aliphatic rings. The summed E-state index contributed by atoms with van der Waals surface area (Å²) in [5.41, 5.74) is 0.775. The quantitative estimate of drug-likeness (QED) is 0.0741. The van der Waals surface area contributed by atoms with Gasteiger partial charge in [-0.25, -0.2) is 4.79 Å². The van der Waals surface area contributed by atoms with E-state index in [9.17, 15) is 29.1 Å². The van der Waals surface area contributed by atoms with Crippen LogP contribution < -0.4 is 16.0 Å². The molecule has 0 radical (unpaired) electrons. The van der Waals surface area contributed by atoms with Crippen LogP contribution in [0.2, 0.25) is 0 Å². The Labute approximate surface area is 301 Å². The summed E-state index contributed by atoms with van der Waals surface area (Å²) in [4.78, 5) is 64.9. The van der Waals surface area contributed by atoms with Gasteiger partial charge in [0.25, 0.3) is 0 Å². The molecule has 4 atom stereocenters. The van der Waals surface area contributed by atoms with Gasteiger partial charge in [0.15, 0.2) is 0 Å². The number of nitrogens with zero attached hydrogens (tertiary/aromatic N) is 1. The van der Waals surface area contributed by atoms with Crippen LogP contribution in [-0.2, 0) is 30.4 Å². The Morgan fingerprint density at radius 3 is 1.76 bits per heavy atom. The number of amides is 4. The summed E-state index contributed by atoms with van der Waals surface area (Å²) >= 11 is 0. The van der Waals surface area contributed by atoms with E-state index in [2.05, 4.69) is 22.9 Å². The highest BCUT2D eigenvalue weighted by atomic mass is 16.4. The number of likely N-dealkylation sites (tertiary alicyclic amines) is 1. The third-order valence-electron chi connectivity index (χ3n) is 9.74. The molecule has 1 aromatic rings. The molecule has 50 heavy (non-hydrogen) atoms. The molecule has 10 nitrogen and oxygen atoms in total. The summed E-state index contributed by atoms with van der Waals surface area (Å²) in [7, 11) is 0. The van der Waals surface area contributed by atoms with Gasteiger partial charge in [-0.2, -0.15) is 0 Å². The van der Waals surface area contributed by atoms with E-state index in [4.69, 9.17) is 0 Å². The van der Waals surface area contributed by atoms with E-state index >= 15 is 0 Å². The van der Waals surface area contributed by atoms with Crippen LogP contribution in [0.1, 0.15) is 155 Å². The first kappa shape index (κ1) is 42.7. The summed E-state index contributed by atoms with van der Waals surface area (Å²) < 4.78 is 0. The monoisotopic (exact) mass is 698 g/mol. The zero-order valence-electron chi connectivity index (χ0n) is 31.2. The van der Waals surface area contributed by atoms with Crippen molar-refractivity contribution >= 4 is 29.6 Å². The van der Waals surface area contributed by atoms with Gasteiger partial charge in [0.2, 0.25) is 23.6 Å². The van der Waals surface area contributed by atoms with Gasteiger partial charge in [0.1, 0.15) is 24.2 Å². The number of carbonyl (C=O) groups is 5. The molecule has 10 heteroatoms. The SMILES string of the molecule is CCCCCCCCCCCCCCCCCCCC(=O)NC(C)C(=O)NC(C)C(=O)N1CCCC1C(=O)NC(Cc1ccccc1)C(=O)O. The number of unbranched alkanes of at least 4 members (excludes halogenated alkanes) is 16. The minimum Gasteiger partial charge on any atom is -0.480 e. The van der Waals surface area contributed by atoms with Crippen LogP contribution in [0.5, 0.6) is 0 Å². The Bertz CT molecular complexity index is 1150. The highest BCUT2D eigenvalue weighted by molar-refractivity contribution is 5.95. The van der Waals surface area contributed by atoms with Crippen molar-refractivity contribution in [1.29, 1.82) is 0 Å². The normalized spacial score (nSPS) is 16.0. The number of benzene rings is 1. The van der Waals surface area contributed by atoms with Crippen LogP contribution in [0.25, 0.3) is 0 Å². The molecule has 1 aliphatic heterocycles. The molecular weight excluding hydrogens is 632 g/mol. The van der Waals surface area contributed by atoms with Crippen molar-refractivity contribution in [1.82, 2.24) is 20.9 Å². The topological polar surface area (TPSA) is 145 Å². The van der Waals surface area contributed by atoms with Gasteiger partial charge in [0, 0.05) is 19.4 Å². The largest absolute Gasteiger partial charge is 0.480 e. The molecule has 0 aromatic heterocycles. The Hall–Kier alpha value is -3.43. The van der Waals surface area contributed by atoms with Gasteiger partial charge in [0.05, 0.1) is 0 Å². The minimum atomic E-state index is -1.15. The van der Waals surface area contributed by atoms with E-state index < -0.39 is 47.9 Å². The molecule has 2 rings (SSSR count). The molecule has 0 aliphatic carbocycles. The van der Waals surface area contributed by atoms with Crippen LogP contribution in [0.3, 0.4) is 0 Å². The number of aliphatic carboxylic acids is 1. The predicted octanol–water partition coefficient (Wildman–Crippen LogP) is 6.84. The lowest BCUT2D eigenvalue weighted by molar-refractivity contribution is -0.144. The third kappa shape index (κ3) is 17.5. The van der Waals surface area contributed by atoms with E-state index in [0.29, 0.717) is 25.8 Å². The van der Waals surface area contributed by atoms with Crippen molar-refractivity contribution in [3.63, 3.8) is 0 Å². The second-order valence-electron chi connectivity index (χ2n) is 14.2. The highest BCUT2D eigenvalue weighted by Crippen LogP contribution is 2.20. The minimum absolute atomic E-state index is 0.123. The second-order valence-corrected chi connectivity index (χ2v) is 14.2. The van der Waals surface area contributed by atoms with Crippen LogP contribution >= 0.6 is 0 Å². The molecule has 4 unspecified atom stereocenters. The van der Waals surface area contributed by atoms with Gasteiger partial charge in [-0.15, -0.1) is 0 Å². The average Bonchev–Trinajstić information content (AvgIpc) is 3.59. The van der Waals surface area contributed by atoms with E-state index in [1.165, 1.54) is 94.8 Å². The van der Waals surface area contributed by atoms with Gasteiger partial charge >= 0.3 is 5.97 Å². The summed E-state index contributed by atoms with van der Waals surface area (Å²) in [6.07, 6.45) is 23.2. The zero-order valence-corrected chi connectivity index (χ0v) is 31.2. The number of hydrogen-bond donors (Lipinski definition) is 4. The smallest absolute Gasteiger partial charge is 0.326 e. The number of hydrogen-bond acceptors (Lipinski definition) is 5. The van der Waals surface area contributed by atoms with E-state index in [1.54, 1.807) is 38.1 Å². The number of nitrogens with one attached hydrogen (secondary N) is 3. The molecular formula is C40H66N4O6. The second kappa shape index (κ2) is 25.5.